The Labute approximate surface area is 148 Å². The van der Waals surface area contributed by atoms with Gasteiger partial charge in [0.25, 0.3) is 0 Å². The van der Waals surface area contributed by atoms with Crippen LogP contribution in [0.4, 0.5) is 0 Å². The van der Waals surface area contributed by atoms with Gasteiger partial charge in [-0.3, -0.25) is 0 Å². The van der Waals surface area contributed by atoms with Gasteiger partial charge in [-0.05, 0) is 24.8 Å². The Kier molecular flexibility index (Phi) is 5.91. The molecule has 128 valence electrons. The Morgan fingerprint density at radius 2 is 1.54 bits per heavy atom. The molecule has 1 saturated heterocycles. The predicted molar refractivity (Wildman–Crippen MR) is 106 cm³/mol. The van der Waals surface area contributed by atoms with Crippen molar-refractivity contribution in [2.45, 2.75) is 57.2 Å². The van der Waals surface area contributed by atoms with Gasteiger partial charge >= 0.3 is 0 Å². The van der Waals surface area contributed by atoms with Crippen LogP contribution >= 0.6 is 0 Å². The Morgan fingerprint density at radius 3 is 2.08 bits per heavy atom. The van der Waals surface area contributed by atoms with E-state index in [1.54, 1.807) is 10.4 Å². The van der Waals surface area contributed by atoms with Gasteiger partial charge in [0.2, 0.25) is 0 Å². The van der Waals surface area contributed by atoms with Crippen molar-refractivity contribution < 1.29 is 4.74 Å². The highest BCUT2D eigenvalue weighted by molar-refractivity contribution is 7.02. The molecule has 1 fully saturated rings. The van der Waals surface area contributed by atoms with Crippen molar-refractivity contribution in [1.82, 2.24) is 0 Å². The lowest BCUT2D eigenvalue weighted by Crippen LogP contribution is -2.62. The zero-order chi connectivity index (χ0) is 16.8. The molecule has 1 heterocycles. The van der Waals surface area contributed by atoms with Crippen LogP contribution < -0.4 is 10.4 Å². The molecule has 2 heteroatoms. The Morgan fingerprint density at radius 1 is 0.958 bits per heavy atom. The van der Waals surface area contributed by atoms with Crippen LogP contribution in [-0.4, -0.2) is 20.8 Å². The second-order valence-electron chi connectivity index (χ2n) is 7.23. The maximum Gasteiger partial charge on any atom is 0.120 e. The van der Waals surface area contributed by atoms with E-state index in [9.17, 15) is 0 Å². The molecule has 0 amide bonds. The molecule has 2 aromatic rings. The normalized spacial score (nSPS) is 21.6. The van der Waals surface area contributed by atoms with Gasteiger partial charge in [-0.15, -0.1) is 0 Å². The van der Waals surface area contributed by atoms with Crippen LogP contribution in [0.25, 0.3) is 0 Å². The average molecular weight is 339 g/mol. The molecule has 1 aliphatic rings. The first kappa shape index (κ1) is 17.4. The largest absolute Gasteiger partial charge is 0.378 e. The third-order valence-corrected chi connectivity index (χ3v) is 11.0. The fraction of sp³-hybridized carbons (Fsp3) is 0.455. The van der Waals surface area contributed by atoms with Gasteiger partial charge in [0.15, 0.2) is 0 Å². The molecular weight excluding hydrogens is 308 g/mol. The van der Waals surface area contributed by atoms with E-state index in [2.05, 4.69) is 74.1 Å². The summed E-state index contributed by atoms with van der Waals surface area (Å²) in [5.41, 5.74) is 0.669. The van der Waals surface area contributed by atoms with Crippen molar-refractivity contribution in [3.63, 3.8) is 0 Å². The molecule has 3 rings (SSSR count). The minimum absolute atomic E-state index is 0.427. The first-order chi connectivity index (χ1) is 11.8. The molecular formula is C22H30OSi. The van der Waals surface area contributed by atoms with Crippen LogP contribution in [0.1, 0.15) is 39.0 Å². The maximum absolute atomic E-state index is 6.32. The fourth-order valence-electron chi connectivity index (χ4n) is 4.35. The number of hydrogen-bond donors (Lipinski definition) is 0. The smallest absolute Gasteiger partial charge is 0.120 e. The Bertz CT molecular complexity index is 571. The van der Waals surface area contributed by atoms with Gasteiger partial charge in [0, 0.05) is 6.61 Å². The number of unbranched alkanes of at least 4 members (excludes halogenated alkanes) is 1. The minimum Gasteiger partial charge on any atom is -0.378 e. The molecule has 0 aromatic heterocycles. The molecule has 0 saturated carbocycles. The lowest BCUT2D eigenvalue weighted by atomic mass is 10.0. The van der Waals surface area contributed by atoms with Gasteiger partial charge in [-0.25, -0.2) is 0 Å². The number of benzene rings is 2. The van der Waals surface area contributed by atoms with Crippen molar-refractivity contribution in [3.05, 3.63) is 60.7 Å². The van der Waals surface area contributed by atoms with Crippen LogP contribution in [0.5, 0.6) is 0 Å². The van der Waals surface area contributed by atoms with E-state index in [0.29, 0.717) is 11.6 Å². The van der Waals surface area contributed by atoms with E-state index in [-0.39, 0.29) is 0 Å². The summed E-state index contributed by atoms with van der Waals surface area (Å²) in [6.45, 7) is 5.79. The van der Waals surface area contributed by atoms with Crippen molar-refractivity contribution in [2.75, 3.05) is 6.61 Å². The van der Waals surface area contributed by atoms with Crippen LogP contribution in [0.3, 0.4) is 0 Å². The van der Waals surface area contributed by atoms with E-state index in [0.717, 1.165) is 6.61 Å². The van der Waals surface area contributed by atoms with Crippen molar-refractivity contribution in [1.29, 1.82) is 0 Å². The summed E-state index contributed by atoms with van der Waals surface area (Å²) < 4.78 is 6.32. The van der Waals surface area contributed by atoms with Crippen molar-refractivity contribution in [2.24, 2.45) is 0 Å². The second kappa shape index (κ2) is 8.13. The van der Waals surface area contributed by atoms with Crippen molar-refractivity contribution >= 4 is 18.4 Å². The van der Waals surface area contributed by atoms with Gasteiger partial charge in [-0.2, -0.15) is 0 Å². The zero-order valence-electron chi connectivity index (χ0n) is 15.1. The standard InChI is InChI=1S/C22H30OSi/c1-3-4-16-21-22(17-11-18-23-21)24(2,19-12-7-5-8-13-19)20-14-9-6-10-15-20/h5-10,12-15,21-22H,3-4,11,16-18H2,1-2H3/t21-,22+/m1/s1. The summed E-state index contributed by atoms with van der Waals surface area (Å²) in [5.74, 6) is 0. The molecule has 0 unspecified atom stereocenters. The van der Waals surface area contributed by atoms with Gasteiger partial charge in [0.05, 0.1) is 6.10 Å². The SMILES string of the molecule is CCCC[C@H]1OCCC[C@@H]1[Si](C)(c1ccccc1)c1ccccc1. The molecule has 0 aliphatic carbocycles. The topological polar surface area (TPSA) is 9.23 Å². The third-order valence-electron chi connectivity index (χ3n) is 5.77. The molecule has 1 aliphatic heterocycles. The Hall–Kier alpha value is -1.38. The van der Waals surface area contributed by atoms with Crippen LogP contribution in [0, 0.1) is 0 Å². The molecule has 0 spiro atoms. The van der Waals surface area contributed by atoms with Crippen LogP contribution in [0.15, 0.2) is 60.7 Å². The molecule has 2 atom stereocenters. The van der Waals surface area contributed by atoms with Crippen LogP contribution in [-0.2, 0) is 4.74 Å². The monoisotopic (exact) mass is 338 g/mol. The average Bonchev–Trinajstić information content (AvgIpc) is 2.67. The van der Waals surface area contributed by atoms with Gasteiger partial charge < -0.3 is 4.74 Å². The summed E-state index contributed by atoms with van der Waals surface area (Å²) in [7, 11) is -1.84. The second-order valence-corrected chi connectivity index (χ2v) is 11.5. The quantitative estimate of drug-likeness (QED) is 0.698. The fourth-order valence-corrected chi connectivity index (χ4v) is 9.10. The van der Waals surface area contributed by atoms with Crippen molar-refractivity contribution in [3.8, 4) is 0 Å². The molecule has 24 heavy (non-hydrogen) atoms. The minimum atomic E-state index is -1.84. The summed E-state index contributed by atoms with van der Waals surface area (Å²) in [5, 5.41) is 3.10. The lowest BCUT2D eigenvalue weighted by Gasteiger charge is -2.44. The van der Waals surface area contributed by atoms with Crippen LogP contribution in [0.2, 0.25) is 12.1 Å². The van der Waals surface area contributed by atoms with E-state index in [1.807, 2.05) is 0 Å². The van der Waals surface area contributed by atoms with E-state index < -0.39 is 8.07 Å². The third kappa shape index (κ3) is 3.50. The van der Waals surface area contributed by atoms with E-state index in [1.165, 1.54) is 32.1 Å². The molecule has 1 nitrogen and oxygen atoms in total. The highest BCUT2D eigenvalue weighted by Gasteiger charge is 2.45. The molecule has 0 bridgehead atoms. The van der Waals surface area contributed by atoms with Gasteiger partial charge in [0.1, 0.15) is 8.07 Å². The molecule has 2 aromatic carbocycles. The lowest BCUT2D eigenvalue weighted by molar-refractivity contribution is 0.00900. The zero-order valence-corrected chi connectivity index (χ0v) is 16.1. The summed E-state index contributed by atoms with van der Waals surface area (Å²) in [6.07, 6.45) is 6.67. The van der Waals surface area contributed by atoms with E-state index in [4.69, 9.17) is 4.74 Å². The van der Waals surface area contributed by atoms with Gasteiger partial charge in [-0.1, -0.05) is 97.3 Å². The predicted octanol–water partition coefficient (Wildman–Crippen LogP) is 4.62. The summed E-state index contributed by atoms with van der Waals surface area (Å²) in [4.78, 5) is 0. The first-order valence-corrected chi connectivity index (χ1v) is 12.1. The van der Waals surface area contributed by atoms with E-state index >= 15 is 0 Å². The first-order valence-electron chi connectivity index (χ1n) is 9.49. The maximum atomic E-state index is 6.32. The molecule has 0 N–H and O–H groups in total. The highest BCUT2D eigenvalue weighted by Crippen LogP contribution is 2.37. The number of hydrogen-bond acceptors (Lipinski definition) is 1. The summed E-state index contributed by atoms with van der Waals surface area (Å²) >= 11 is 0. The highest BCUT2D eigenvalue weighted by atomic mass is 28.3. The molecule has 0 radical (unpaired) electrons. The number of rotatable bonds is 6. The Balaban J connectivity index is 2.03. The number of ether oxygens (including phenoxy) is 1. The summed E-state index contributed by atoms with van der Waals surface area (Å²) in [6, 6.07) is 22.5.